The number of carbonyl (C=O) groups excluding carboxylic acids is 1. The summed E-state index contributed by atoms with van der Waals surface area (Å²) in [6.07, 6.45) is 0. The number of nitrogens with zero attached hydrogens (tertiary/aromatic N) is 3. The molecule has 0 bridgehead atoms. The molecule has 0 spiro atoms. The van der Waals surface area contributed by atoms with Gasteiger partial charge in [-0.1, -0.05) is 17.7 Å². The van der Waals surface area contributed by atoms with E-state index in [-0.39, 0.29) is 11.6 Å². The fourth-order valence-electron chi connectivity index (χ4n) is 2.32. The van der Waals surface area contributed by atoms with E-state index < -0.39 is 4.92 Å². The molecule has 1 aromatic heterocycles. The maximum Gasteiger partial charge on any atom is 0.269 e. The van der Waals surface area contributed by atoms with E-state index in [0.717, 1.165) is 0 Å². The van der Waals surface area contributed by atoms with Crippen molar-refractivity contribution in [2.75, 3.05) is 5.32 Å². The maximum atomic E-state index is 12.4. The second-order valence-corrected chi connectivity index (χ2v) is 5.76. The zero-order chi connectivity index (χ0) is 18.0. The van der Waals surface area contributed by atoms with Crippen molar-refractivity contribution < 1.29 is 9.72 Å². The molecule has 1 amide bonds. The van der Waals surface area contributed by atoms with Gasteiger partial charge >= 0.3 is 0 Å². The average Bonchev–Trinajstić information content (AvgIpc) is 2.95. The first-order valence-electron chi connectivity index (χ1n) is 7.32. The number of aromatic nitrogens is 2. The maximum absolute atomic E-state index is 12.4. The number of hydrogen-bond donors (Lipinski definition) is 1. The summed E-state index contributed by atoms with van der Waals surface area (Å²) in [6, 6.07) is 14.2. The largest absolute Gasteiger partial charge is 0.306 e. The number of carbonyl (C=O) groups is 1. The number of anilines is 1. The van der Waals surface area contributed by atoms with Crippen molar-refractivity contribution in [3.05, 3.63) is 81.0 Å². The van der Waals surface area contributed by atoms with Gasteiger partial charge < -0.3 is 5.32 Å². The molecule has 3 aromatic rings. The first kappa shape index (κ1) is 16.7. The van der Waals surface area contributed by atoms with Crippen molar-refractivity contribution in [2.45, 2.75) is 6.92 Å². The molecular weight excluding hydrogens is 344 g/mol. The van der Waals surface area contributed by atoms with Crippen LogP contribution in [0.3, 0.4) is 0 Å². The van der Waals surface area contributed by atoms with Gasteiger partial charge in [0, 0.05) is 28.8 Å². The van der Waals surface area contributed by atoms with Crippen LogP contribution in [0.4, 0.5) is 11.5 Å². The number of amides is 1. The Bertz CT molecular complexity index is 951. The Morgan fingerprint density at radius 1 is 1.20 bits per heavy atom. The molecule has 8 heteroatoms. The summed E-state index contributed by atoms with van der Waals surface area (Å²) in [4.78, 5) is 22.7. The lowest BCUT2D eigenvalue weighted by atomic mass is 10.2. The Labute approximate surface area is 148 Å². The molecular formula is C17H13ClN4O3. The van der Waals surface area contributed by atoms with E-state index in [1.165, 1.54) is 16.8 Å². The summed E-state index contributed by atoms with van der Waals surface area (Å²) >= 11 is 5.91. The Morgan fingerprint density at radius 3 is 2.56 bits per heavy atom. The van der Waals surface area contributed by atoms with Gasteiger partial charge in [-0.25, -0.2) is 4.68 Å². The molecule has 0 saturated heterocycles. The number of halogens is 1. The lowest BCUT2D eigenvalue weighted by Crippen LogP contribution is -2.15. The van der Waals surface area contributed by atoms with Crippen molar-refractivity contribution in [3.63, 3.8) is 0 Å². The van der Waals surface area contributed by atoms with E-state index in [2.05, 4.69) is 10.4 Å². The number of non-ortho nitro benzene ring substituents is 1. The fourth-order valence-corrected chi connectivity index (χ4v) is 2.51. The summed E-state index contributed by atoms with van der Waals surface area (Å²) in [5.41, 5.74) is 1.69. The predicted octanol–water partition coefficient (Wildman–Crippen LogP) is 3.99. The summed E-state index contributed by atoms with van der Waals surface area (Å²) in [6.45, 7) is 1.79. The molecule has 7 nitrogen and oxygen atoms in total. The number of hydrogen-bond acceptors (Lipinski definition) is 4. The minimum Gasteiger partial charge on any atom is -0.306 e. The van der Waals surface area contributed by atoms with Gasteiger partial charge in [0.1, 0.15) is 5.82 Å². The standard InChI is InChI=1S/C17H13ClN4O3/c1-11-9-16(19-17(23)12-3-2-4-13(18)10-12)21(20-11)14-5-7-15(8-6-14)22(24)25/h2-10H,1H3,(H,19,23). The van der Waals surface area contributed by atoms with Crippen LogP contribution in [0.25, 0.3) is 5.69 Å². The molecule has 0 fully saturated rings. The number of nitrogens with one attached hydrogen (secondary N) is 1. The van der Waals surface area contributed by atoms with Gasteiger partial charge in [0.25, 0.3) is 11.6 Å². The molecule has 0 aliphatic carbocycles. The van der Waals surface area contributed by atoms with E-state index in [9.17, 15) is 14.9 Å². The second-order valence-electron chi connectivity index (χ2n) is 5.32. The zero-order valence-electron chi connectivity index (χ0n) is 13.1. The summed E-state index contributed by atoms with van der Waals surface area (Å²) in [5.74, 6) is 0.127. The molecule has 0 aliphatic heterocycles. The Morgan fingerprint density at radius 2 is 1.92 bits per heavy atom. The molecule has 0 atom stereocenters. The van der Waals surface area contributed by atoms with Crippen molar-refractivity contribution in [1.29, 1.82) is 0 Å². The van der Waals surface area contributed by atoms with Crippen LogP contribution in [0.2, 0.25) is 5.02 Å². The SMILES string of the molecule is Cc1cc(NC(=O)c2cccc(Cl)c2)n(-c2ccc([N+](=O)[O-])cc2)n1. The highest BCUT2D eigenvalue weighted by atomic mass is 35.5. The first-order chi connectivity index (χ1) is 11.9. The molecule has 2 aromatic carbocycles. The molecule has 3 rings (SSSR count). The second kappa shape index (κ2) is 6.74. The fraction of sp³-hybridized carbons (Fsp3) is 0.0588. The van der Waals surface area contributed by atoms with Crippen LogP contribution >= 0.6 is 11.6 Å². The minimum absolute atomic E-state index is 0.0165. The summed E-state index contributed by atoms with van der Waals surface area (Å²) in [5, 5.41) is 18.3. The third-order valence-electron chi connectivity index (χ3n) is 3.47. The molecule has 0 aliphatic rings. The van der Waals surface area contributed by atoms with E-state index in [1.54, 1.807) is 49.4 Å². The lowest BCUT2D eigenvalue weighted by molar-refractivity contribution is -0.384. The van der Waals surface area contributed by atoms with Gasteiger partial charge in [0.15, 0.2) is 0 Å². The lowest BCUT2D eigenvalue weighted by Gasteiger charge is -2.09. The van der Waals surface area contributed by atoms with E-state index in [4.69, 9.17) is 11.6 Å². The van der Waals surface area contributed by atoms with Gasteiger partial charge in [-0.3, -0.25) is 14.9 Å². The van der Waals surface area contributed by atoms with Crippen LogP contribution in [0, 0.1) is 17.0 Å². The minimum atomic E-state index is -0.472. The number of nitro groups is 1. The summed E-state index contributed by atoms with van der Waals surface area (Å²) in [7, 11) is 0. The highest BCUT2D eigenvalue weighted by Crippen LogP contribution is 2.21. The van der Waals surface area contributed by atoms with Gasteiger partial charge in [-0.15, -0.1) is 0 Å². The normalized spacial score (nSPS) is 10.5. The summed E-state index contributed by atoms with van der Waals surface area (Å²) < 4.78 is 1.52. The van der Waals surface area contributed by atoms with Crippen LogP contribution in [0.5, 0.6) is 0 Å². The number of benzene rings is 2. The van der Waals surface area contributed by atoms with Crippen LogP contribution < -0.4 is 5.32 Å². The predicted molar refractivity (Wildman–Crippen MR) is 94.4 cm³/mol. The van der Waals surface area contributed by atoms with E-state index in [1.807, 2.05) is 0 Å². The van der Waals surface area contributed by atoms with E-state index in [0.29, 0.717) is 27.8 Å². The third-order valence-corrected chi connectivity index (χ3v) is 3.70. The smallest absolute Gasteiger partial charge is 0.269 e. The van der Waals surface area contributed by atoms with Gasteiger partial charge in [0.05, 0.1) is 16.3 Å². The van der Waals surface area contributed by atoms with E-state index >= 15 is 0 Å². The molecule has 126 valence electrons. The van der Waals surface area contributed by atoms with Crippen molar-refractivity contribution in [1.82, 2.24) is 9.78 Å². The van der Waals surface area contributed by atoms with Crippen LogP contribution in [0.1, 0.15) is 16.1 Å². The molecule has 1 heterocycles. The van der Waals surface area contributed by atoms with Gasteiger partial charge in [-0.05, 0) is 37.3 Å². The quantitative estimate of drug-likeness (QED) is 0.565. The van der Waals surface area contributed by atoms with Crippen molar-refractivity contribution in [2.24, 2.45) is 0 Å². The number of rotatable bonds is 4. The molecule has 0 unspecified atom stereocenters. The van der Waals surface area contributed by atoms with Gasteiger partial charge in [0.2, 0.25) is 0 Å². The first-order valence-corrected chi connectivity index (χ1v) is 7.70. The van der Waals surface area contributed by atoms with Crippen molar-refractivity contribution in [3.8, 4) is 5.69 Å². The Balaban J connectivity index is 1.90. The third kappa shape index (κ3) is 3.67. The van der Waals surface area contributed by atoms with Crippen LogP contribution in [-0.4, -0.2) is 20.6 Å². The zero-order valence-corrected chi connectivity index (χ0v) is 13.9. The molecule has 0 radical (unpaired) electrons. The van der Waals surface area contributed by atoms with Gasteiger partial charge in [-0.2, -0.15) is 5.10 Å². The highest BCUT2D eigenvalue weighted by molar-refractivity contribution is 6.31. The number of nitro benzene ring substituents is 1. The van der Waals surface area contributed by atoms with Crippen LogP contribution in [0.15, 0.2) is 54.6 Å². The Kier molecular flexibility index (Phi) is 4.49. The average molecular weight is 357 g/mol. The van der Waals surface area contributed by atoms with Crippen molar-refractivity contribution >= 4 is 29.0 Å². The molecule has 1 N–H and O–H groups in total. The highest BCUT2D eigenvalue weighted by Gasteiger charge is 2.14. The number of aryl methyl sites for hydroxylation is 1. The Hall–Kier alpha value is -3.19. The molecule has 0 saturated carbocycles. The van der Waals surface area contributed by atoms with Crippen LogP contribution in [-0.2, 0) is 0 Å². The topological polar surface area (TPSA) is 90.1 Å². The monoisotopic (exact) mass is 356 g/mol. The molecule has 25 heavy (non-hydrogen) atoms.